The summed E-state index contributed by atoms with van der Waals surface area (Å²) in [6, 6.07) is 22.3. The minimum absolute atomic E-state index is 0.167. The Morgan fingerprint density at radius 3 is 2.50 bits per heavy atom. The Kier molecular flexibility index (Phi) is 7.22. The predicted molar refractivity (Wildman–Crippen MR) is 137 cm³/mol. The van der Waals surface area contributed by atoms with Gasteiger partial charge in [-0.15, -0.1) is 0 Å². The minimum atomic E-state index is -3.90. The highest BCUT2D eigenvalue weighted by Gasteiger charge is 2.27. The van der Waals surface area contributed by atoms with Gasteiger partial charge in [-0.05, 0) is 68.1 Å². The van der Waals surface area contributed by atoms with Gasteiger partial charge in [-0.25, -0.2) is 8.42 Å². The molecular weight excluding hydrogens is 446 g/mol. The molecule has 0 aromatic heterocycles. The van der Waals surface area contributed by atoms with E-state index >= 15 is 0 Å². The Hall–Kier alpha value is -3.32. The van der Waals surface area contributed by atoms with E-state index in [1.54, 1.807) is 42.5 Å². The number of nitrogens with zero attached hydrogens (tertiary/aromatic N) is 2. The molecular formula is C27H31N3O3S. The molecule has 178 valence electrons. The van der Waals surface area contributed by atoms with Crippen LogP contribution in [0.4, 0.5) is 11.4 Å². The molecule has 0 fully saturated rings. The second-order valence-electron chi connectivity index (χ2n) is 8.73. The Labute approximate surface area is 202 Å². The van der Waals surface area contributed by atoms with Crippen LogP contribution in [0.3, 0.4) is 0 Å². The van der Waals surface area contributed by atoms with E-state index in [0.717, 1.165) is 37.1 Å². The summed E-state index contributed by atoms with van der Waals surface area (Å²) < 4.78 is 28.1. The molecule has 0 atom stereocenters. The zero-order chi connectivity index (χ0) is 24.1. The van der Waals surface area contributed by atoms with Crippen molar-refractivity contribution in [2.75, 3.05) is 35.4 Å². The normalized spacial score (nSPS) is 12.9. The monoisotopic (exact) mass is 477 g/mol. The van der Waals surface area contributed by atoms with Crippen molar-refractivity contribution in [2.45, 2.75) is 31.6 Å². The summed E-state index contributed by atoms with van der Waals surface area (Å²) in [4.78, 5) is 15.3. The van der Waals surface area contributed by atoms with Crippen LogP contribution in [0.25, 0.3) is 0 Å². The van der Waals surface area contributed by atoms with Crippen molar-refractivity contribution in [3.63, 3.8) is 0 Å². The highest BCUT2D eigenvalue weighted by molar-refractivity contribution is 7.92. The molecule has 4 rings (SSSR count). The maximum Gasteiger partial charge on any atom is 0.264 e. The largest absolute Gasteiger partial charge is 0.371 e. The molecule has 0 saturated heterocycles. The van der Waals surface area contributed by atoms with Crippen molar-refractivity contribution in [1.29, 1.82) is 0 Å². The standard InChI is InChI=1S/C27H31N3O3S/c1-21-11-13-25(14-12-21)34(32,33)30(24-9-5-7-22(2)19-24)20-27(31)28-16-6-17-29-18-15-23-8-3-4-10-26(23)29/h3-5,7-14,19H,6,15-18,20H2,1-2H3,(H,28,31). The molecule has 0 spiro atoms. The van der Waals surface area contributed by atoms with Crippen molar-refractivity contribution in [3.05, 3.63) is 89.5 Å². The number of carbonyl (C=O) groups excluding carboxylic acids is 1. The summed E-state index contributed by atoms with van der Waals surface area (Å²) in [5, 5.41) is 2.91. The molecule has 0 radical (unpaired) electrons. The van der Waals surface area contributed by atoms with Crippen LogP contribution in [-0.4, -0.2) is 40.5 Å². The summed E-state index contributed by atoms with van der Waals surface area (Å²) in [6.45, 7) is 5.86. The summed E-state index contributed by atoms with van der Waals surface area (Å²) >= 11 is 0. The first-order chi connectivity index (χ1) is 16.3. The molecule has 1 N–H and O–H groups in total. The van der Waals surface area contributed by atoms with Gasteiger partial charge in [-0.2, -0.15) is 0 Å². The van der Waals surface area contributed by atoms with Gasteiger partial charge in [0, 0.05) is 25.3 Å². The molecule has 1 amide bonds. The molecule has 0 bridgehead atoms. The van der Waals surface area contributed by atoms with E-state index in [1.165, 1.54) is 15.6 Å². The number of sulfonamides is 1. The van der Waals surface area contributed by atoms with E-state index < -0.39 is 10.0 Å². The first-order valence-electron chi connectivity index (χ1n) is 11.6. The highest BCUT2D eigenvalue weighted by atomic mass is 32.2. The quantitative estimate of drug-likeness (QED) is 0.472. The lowest BCUT2D eigenvalue weighted by atomic mass is 10.2. The van der Waals surface area contributed by atoms with Gasteiger partial charge in [-0.3, -0.25) is 9.10 Å². The number of rotatable bonds is 9. The van der Waals surface area contributed by atoms with Gasteiger partial charge in [-0.1, -0.05) is 48.0 Å². The molecule has 1 aliphatic rings. The number of carbonyl (C=O) groups is 1. The van der Waals surface area contributed by atoms with Gasteiger partial charge < -0.3 is 10.2 Å². The molecule has 0 aliphatic carbocycles. The number of benzene rings is 3. The fraction of sp³-hybridized carbons (Fsp3) is 0.296. The van der Waals surface area contributed by atoms with Gasteiger partial charge in [0.1, 0.15) is 6.54 Å². The third-order valence-electron chi connectivity index (χ3n) is 6.10. The average molecular weight is 478 g/mol. The predicted octanol–water partition coefficient (Wildman–Crippen LogP) is 4.07. The van der Waals surface area contributed by atoms with Gasteiger partial charge in [0.2, 0.25) is 5.91 Å². The van der Waals surface area contributed by atoms with Crippen LogP contribution in [-0.2, 0) is 21.2 Å². The molecule has 7 heteroatoms. The van der Waals surface area contributed by atoms with Crippen LogP contribution in [0.2, 0.25) is 0 Å². The van der Waals surface area contributed by atoms with Crippen LogP contribution in [0.5, 0.6) is 0 Å². The Balaban J connectivity index is 1.41. The van der Waals surface area contributed by atoms with Crippen molar-refractivity contribution in [3.8, 4) is 0 Å². The molecule has 0 unspecified atom stereocenters. The molecule has 1 heterocycles. The topological polar surface area (TPSA) is 69.7 Å². The van der Waals surface area contributed by atoms with E-state index in [4.69, 9.17) is 0 Å². The zero-order valence-electron chi connectivity index (χ0n) is 19.7. The fourth-order valence-corrected chi connectivity index (χ4v) is 5.67. The Bertz CT molecular complexity index is 1260. The number of nitrogens with one attached hydrogen (secondary N) is 1. The maximum atomic E-state index is 13.5. The van der Waals surface area contributed by atoms with Crippen molar-refractivity contribution in [2.24, 2.45) is 0 Å². The molecule has 34 heavy (non-hydrogen) atoms. The molecule has 1 aliphatic heterocycles. The smallest absolute Gasteiger partial charge is 0.264 e. The number of para-hydroxylation sites is 1. The molecule has 0 saturated carbocycles. The van der Waals surface area contributed by atoms with Gasteiger partial charge in [0.15, 0.2) is 0 Å². The summed E-state index contributed by atoms with van der Waals surface area (Å²) in [7, 11) is -3.90. The number of hydrogen-bond donors (Lipinski definition) is 1. The number of fused-ring (bicyclic) bond motifs is 1. The van der Waals surface area contributed by atoms with Crippen LogP contribution in [0.1, 0.15) is 23.1 Å². The van der Waals surface area contributed by atoms with E-state index in [9.17, 15) is 13.2 Å². The Morgan fingerprint density at radius 2 is 1.74 bits per heavy atom. The van der Waals surface area contributed by atoms with Gasteiger partial charge in [0.25, 0.3) is 10.0 Å². The lowest BCUT2D eigenvalue weighted by molar-refractivity contribution is -0.119. The maximum absolute atomic E-state index is 13.5. The van der Waals surface area contributed by atoms with Crippen LogP contribution >= 0.6 is 0 Å². The lowest BCUT2D eigenvalue weighted by Gasteiger charge is -2.25. The molecule has 3 aromatic carbocycles. The van der Waals surface area contributed by atoms with Gasteiger partial charge in [0.05, 0.1) is 10.6 Å². The number of hydrogen-bond acceptors (Lipinski definition) is 4. The first-order valence-corrected chi connectivity index (χ1v) is 13.0. The van der Waals surface area contributed by atoms with Crippen molar-refractivity contribution in [1.82, 2.24) is 5.32 Å². The Morgan fingerprint density at radius 1 is 0.971 bits per heavy atom. The minimum Gasteiger partial charge on any atom is -0.371 e. The third-order valence-corrected chi connectivity index (χ3v) is 7.88. The zero-order valence-corrected chi connectivity index (χ0v) is 20.5. The van der Waals surface area contributed by atoms with Crippen molar-refractivity contribution < 1.29 is 13.2 Å². The van der Waals surface area contributed by atoms with Crippen LogP contribution in [0.15, 0.2) is 77.7 Å². The van der Waals surface area contributed by atoms with Gasteiger partial charge >= 0.3 is 0 Å². The average Bonchev–Trinajstić information content (AvgIpc) is 3.23. The van der Waals surface area contributed by atoms with Crippen LogP contribution < -0.4 is 14.5 Å². The summed E-state index contributed by atoms with van der Waals surface area (Å²) in [5.41, 5.74) is 5.00. The SMILES string of the molecule is Cc1ccc(S(=O)(=O)N(CC(=O)NCCCN2CCc3ccccc32)c2cccc(C)c2)cc1. The number of anilines is 2. The molecule has 3 aromatic rings. The summed E-state index contributed by atoms with van der Waals surface area (Å²) in [5.74, 6) is -0.320. The number of amides is 1. The second kappa shape index (κ2) is 10.3. The fourth-order valence-electron chi connectivity index (χ4n) is 4.26. The van der Waals surface area contributed by atoms with E-state index in [0.29, 0.717) is 12.2 Å². The van der Waals surface area contributed by atoms with Crippen LogP contribution in [0, 0.1) is 13.8 Å². The van der Waals surface area contributed by atoms with E-state index in [2.05, 4.69) is 28.4 Å². The lowest BCUT2D eigenvalue weighted by Crippen LogP contribution is -2.41. The highest BCUT2D eigenvalue weighted by Crippen LogP contribution is 2.27. The molecule has 6 nitrogen and oxygen atoms in total. The first kappa shape index (κ1) is 23.8. The summed E-state index contributed by atoms with van der Waals surface area (Å²) in [6.07, 6.45) is 1.83. The number of aryl methyl sites for hydroxylation is 2. The van der Waals surface area contributed by atoms with E-state index in [1.807, 2.05) is 26.0 Å². The second-order valence-corrected chi connectivity index (χ2v) is 10.6. The van der Waals surface area contributed by atoms with Crippen molar-refractivity contribution >= 4 is 27.3 Å². The third kappa shape index (κ3) is 5.42. The van der Waals surface area contributed by atoms with E-state index in [-0.39, 0.29) is 17.3 Å².